The van der Waals surface area contributed by atoms with E-state index < -0.39 is 0 Å². The second-order valence-corrected chi connectivity index (χ2v) is 8.43. The SMILES string of the molecule is Cc1ccc(C)n1-c1cc(C(=O)Nc2ccccc2Cl)cc(C(C)(C)C)c1O. The predicted octanol–water partition coefficient (Wildman–Crippen LogP) is 6.00. The fourth-order valence-corrected chi connectivity index (χ4v) is 3.48. The van der Waals surface area contributed by atoms with Gasteiger partial charge in [-0.25, -0.2) is 0 Å². The monoisotopic (exact) mass is 396 g/mol. The van der Waals surface area contributed by atoms with Crippen molar-refractivity contribution in [1.82, 2.24) is 4.57 Å². The van der Waals surface area contributed by atoms with Crippen LogP contribution in [0.25, 0.3) is 5.69 Å². The van der Waals surface area contributed by atoms with Gasteiger partial charge in [-0.1, -0.05) is 44.5 Å². The smallest absolute Gasteiger partial charge is 0.255 e. The quantitative estimate of drug-likeness (QED) is 0.570. The van der Waals surface area contributed by atoms with Crippen LogP contribution < -0.4 is 5.32 Å². The largest absolute Gasteiger partial charge is 0.505 e. The van der Waals surface area contributed by atoms with E-state index in [0.717, 1.165) is 11.4 Å². The third-order valence-corrected chi connectivity index (χ3v) is 5.12. The Morgan fingerprint density at radius 3 is 2.21 bits per heavy atom. The summed E-state index contributed by atoms with van der Waals surface area (Å²) in [6.07, 6.45) is 0. The summed E-state index contributed by atoms with van der Waals surface area (Å²) in [6.45, 7) is 9.98. The summed E-state index contributed by atoms with van der Waals surface area (Å²) in [6, 6.07) is 14.6. The van der Waals surface area contributed by atoms with Gasteiger partial charge >= 0.3 is 0 Å². The van der Waals surface area contributed by atoms with Crippen molar-refractivity contribution in [2.45, 2.75) is 40.0 Å². The molecule has 0 atom stereocenters. The summed E-state index contributed by atoms with van der Waals surface area (Å²) in [7, 11) is 0. The lowest BCUT2D eigenvalue weighted by atomic mass is 9.84. The lowest BCUT2D eigenvalue weighted by molar-refractivity contribution is 0.102. The van der Waals surface area contributed by atoms with Crippen LogP contribution in [0.3, 0.4) is 0 Å². The maximum absolute atomic E-state index is 13.0. The zero-order chi connectivity index (χ0) is 20.6. The van der Waals surface area contributed by atoms with E-state index >= 15 is 0 Å². The molecule has 3 aromatic rings. The van der Waals surface area contributed by atoms with Crippen molar-refractivity contribution in [2.75, 3.05) is 5.32 Å². The van der Waals surface area contributed by atoms with Crippen LogP contribution in [0.15, 0.2) is 48.5 Å². The molecule has 0 unspecified atom stereocenters. The van der Waals surface area contributed by atoms with E-state index in [1.807, 2.05) is 63.5 Å². The minimum atomic E-state index is -0.339. The number of aromatic nitrogens is 1. The van der Waals surface area contributed by atoms with Crippen LogP contribution in [0.5, 0.6) is 5.75 Å². The summed E-state index contributed by atoms with van der Waals surface area (Å²) >= 11 is 6.18. The minimum Gasteiger partial charge on any atom is -0.505 e. The van der Waals surface area contributed by atoms with Crippen LogP contribution in [0.4, 0.5) is 5.69 Å². The predicted molar refractivity (Wildman–Crippen MR) is 115 cm³/mol. The zero-order valence-electron chi connectivity index (χ0n) is 16.8. The van der Waals surface area contributed by atoms with Crippen molar-refractivity contribution in [3.05, 3.63) is 76.1 Å². The first-order chi connectivity index (χ1) is 13.1. The number of para-hydroxylation sites is 1. The van der Waals surface area contributed by atoms with Crippen molar-refractivity contribution in [3.8, 4) is 11.4 Å². The molecule has 0 aliphatic heterocycles. The maximum Gasteiger partial charge on any atom is 0.255 e. The first kappa shape index (κ1) is 20.0. The van der Waals surface area contributed by atoms with Gasteiger partial charge < -0.3 is 15.0 Å². The summed E-state index contributed by atoms with van der Waals surface area (Å²) in [5.41, 5.74) is 3.94. The standard InChI is InChI=1S/C23H25ClN2O2/c1-14-10-11-15(2)26(14)20-13-16(12-17(21(20)27)23(3,4)5)22(28)25-19-9-7-6-8-18(19)24/h6-13,27H,1-5H3,(H,25,28). The number of aryl methyl sites for hydroxylation is 2. The molecule has 4 nitrogen and oxygen atoms in total. The second kappa shape index (κ2) is 7.36. The van der Waals surface area contributed by atoms with Gasteiger partial charge in [0.05, 0.1) is 16.4 Å². The Labute approximate surface area is 170 Å². The van der Waals surface area contributed by atoms with Crippen LogP contribution in [0.1, 0.15) is 48.1 Å². The molecule has 1 aromatic heterocycles. The molecular formula is C23H25ClN2O2. The lowest BCUT2D eigenvalue weighted by Gasteiger charge is -2.24. The van der Waals surface area contributed by atoms with Crippen molar-refractivity contribution in [1.29, 1.82) is 0 Å². The van der Waals surface area contributed by atoms with E-state index in [1.165, 1.54) is 0 Å². The fraction of sp³-hybridized carbons (Fsp3) is 0.261. The van der Waals surface area contributed by atoms with Crippen molar-refractivity contribution >= 4 is 23.2 Å². The molecule has 1 heterocycles. The number of anilines is 1. The number of phenolic OH excluding ortho intramolecular Hbond substituents is 1. The topological polar surface area (TPSA) is 54.3 Å². The molecule has 0 aliphatic rings. The van der Waals surface area contributed by atoms with Crippen LogP contribution in [-0.4, -0.2) is 15.6 Å². The molecule has 0 saturated heterocycles. The van der Waals surface area contributed by atoms with Crippen LogP contribution in [-0.2, 0) is 5.41 Å². The highest BCUT2D eigenvalue weighted by Gasteiger charge is 2.25. The number of benzene rings is 2. The molecule has 0 aliphatic carbocycles. The first-order valence-corrected chi connectivity index (χ1v) is 9.56. The molecule has 2 N–H and O–H groups in total. The highest BCUT2D eigenvalue weighted by atomic mass is 35.5. The number of amides is 1. The number of nitrogens with one attached hydrogen (secondary N) is 1. The Kier molecular flexibility index (Phi) is 5.26. The Morgan fingerprint density at radius 2 is 1.64 bits per heavy atom. The zero-order valence-corrected chi connectivity index (χ0v) is 17.6. The number of aromatic hydroxyl groups is 1. The van der Waals surface area contributed by atoms with Gasteiger partial charge in [-0.05, 0) is 55.7 Å². The van der Waals surface area contributed by atoms with E-state index in [-0.39, 0.29) is 17.1 Å². The number of carbonyl (C=O) groups excluding carboxylic acids is 1. The normalized spacial score (nSPS) is 11.5. The average molecular weight is 397 g/mol. The maximum atomic E-state index is 13.0. The minimum absolute atomic E-state index is 0.184. The van der Waals surface area contributed by atoms with E-state index in [4.69, 9.17) is 11.6 Å². The van der Waals surface area contributed by atoms with Crippen molar-refractivity contribution in [3.63, 3.8) is 0 Å². The van der Waals surface area contributed by atoms with Crippen LogP contribution in [0.2, 0.25) is 5.02 Å². The molecule has 0 radical (unpaired) electrons. The Bertz CT molecular complexity index is 1030. The molecule has 28 heavy (non-hydrogen) atoms. The summed E-state index contributed by atoms with van der Waals surface area (Å²) in [5, 5.41) is 14.4. The van der Waals surface area contributed by atoms with Gasteiger partial charge in [0, 0.05) is 22.5 Å². The number of hydrogen-bond acceptors (Lipinski definition) is 2. The molecule has 2 aromatic carbocycles. The Morgan fingerprint density at radius 1 is 1.04 bits per heavy atom. The second-order valence-electron chi connectivity index (χ2n) is 8.03. The number of nitrogens with zero attached hydrogens (tertiary/aromatic N) is 1. The summed E-state index contributed by atoms with van der Waals surface area (Å²) in [4.78, 5) is 13.0. The molecule has 0 saturated carbocycles. The molecule has 0 spiro atoms. The van der Waals surface area contributed by atoms with Gasteiger partial charge in [0.2, 0.25) is 0 Å². The van der Waals surface area contributed by atoms with E-state index in [2.05, 4.69) is 5.32 Å². The van der Waals surface area contributed by atoms with E-state index in [9.17, 15) is 9.90 Å². The highest BCUT2D eigenvalue weighted by Crippen LogP contribution is 2.37. The van der Waals surface area contributed by atoms with Crippen molar-refractivity contribution < 1.29 is 9.90 Å². The third kappa shape index (κ3) is 3.78. The third-order valence-electron chi connectivity index (χ3n) is 4.79. The molecule has 146 valence electrons. The molecule has 0 bridgehead atoms. The van der Waals surface area contributed by atoms with Gasteiger partial charge in [-0.15, -0.1) is 0 Å². The summed E-state index contributed by atoms with van der Waals surface area (Å²) < 4.78 is 1.96. The lowest BCUT2D eigenvalue weighted by Crippen LogP contribution is -2.18. The Balaban J connectivity index is 2.15. The molecule has 1 amide bonds. The van der Waals surface area contributed by atoms with Gasteiger partial charge in [0.1, 0.15) is 5.75 Å². The summed E-state index contributed by atoms with van der Waals surface area (Å²) in [5.74, 6) is -0.0912. The van der Waals surface area contributed by atoms with E-state index in [1.54, 1.807) is 24.3 Å². The van der Waals surface area contributed by atoms with E-state index in [0.29, 0.717) is 27.5 Å². The van der Waals surface area contributed by atoms with Crippen molar-refractivity contribution in [2.24, 2.45) is 0 Å². The van der Waals surface area contributed by atoms with Crippen LogP contribution >= 0.6 is 11.6 Å². The van der Waals surface area contributed by atoms with Gasteiger partial charge in [0.25, 0.3) is 5.91 Å². The Hall–Kier alpha value is -2.72. The van der Waals surface area contributed by atoms with Gasteiger partial charge in [-0.2, -0.15) is 0 Å². The average Bonchev–Trinajstić information content (AvgIpc) is 2.94. The van der Waals surface area contributed by atoms with Gasteiger partial charge in [0.15, 0.2) is 0 Å². The molecule has 5 heteroatoms. The molecule has 3 rings (SSSR count). The molecular weight excluding hydrogens is 372 g/mol. The molecule has 0 fully saturated rings. The fourth-order valence-electron chi connectivity index (χ4n) is 3.30. The number of halogens is 1. The number of rotatable bonds is 3. The van der Waals surface area contributed by atoms with Gasteiger partial charge in [-0.3, -0.25) is 4.79 Å². The number of carbonyl (C=O) groups is 1. The number of phenols is 1. The highest BCUT2D eigenvalue weighted by molar-refractivity contribution is 6.33. The first-order valence-electron chi connectivity index (χ1n) is 9.18. The number of hydrogen-bond donors (Lipinski definition) is 2. The van der Waals surface area contributed by atoms with Crippen LogP contribution in [0, 0.1) is 13.8 Å².